The second kappa shape index (κ2) is 7.14. The summed E-state index contributed by atoms with van der Waals surface area (Å²) < 4.78 is 0. The highest BCUT2D eigenvalue weighted by atomic mass is 35.5. The minimum Gasteiger partial charge on any atom is -0.326 e. The highest BCUT2D eigenvalue weighted by molar-refractivity contribution is 6.44. The van der Waals surface area contributed by atoms with Crippen molar-refractivity contribution in [3.63, 3.8) is 0 Å². The van der Waals surface area contributed by atoms with Gasteiger partial charge in [-0.3, -0.25) is 9.59 Å². The zero-order valence-electron chi connectivity index (χ0n) is 13.0. The average molecular weight is 374 g/mol. The molecule has 2 aromatic carbocycles. The predicted molar refractivity (Wildman–Crippen MR) is 96.7 cm³/mol. The van der Waals surface area contributed by atoms with Crippen molar-refractivity contribution in [3.8, 4) is 6.07 Å². The SMILES string of the molecule is N#Cc1ccc(NC(=O)C2CC(=O)N(c3cccc(Cl)c3Cl)C2)cc1. The highest BCUT2D eigenvalue weighted by Crippen LogP contribution is 2.35. The zero-order valence-corrected chi connectivity index (χ0v) is 14.5. The van der Waals surface area contributed by atoms with E-state index in [0.717, 1.165) is 0 Å². The van der Waals surface area contributed by atoms with E-state index >= 15 is 0 Å². The van der Waals surface area contributed by atoms with Crippen LogP contribution in [0.15, 0.2) is 42.5 Å². The molecule has 3 rings (SSSR count). The number of amides is 2. The number of carbonyl (C=O) groups excluding carboxylic acids is 2. The normalized spacial score (nSPS) is 16.6. The molecule has 1 unspecified atom stereocenters. The fourth-order valence-corrected chi connectivity index (χ4v) is 3.09. The molecule has 1 heterocycles. The number of halogens is 2. The molecule has 25 heavy (non-hydrogen) atoms. The van der Waals surface area contributed by atoms with Gasteiger partial charge in [-0.15, -0.1) is 0 Å². The summed E-state index contributed by atoms with van der Waals surface area (Å²) in [6.07, 6.45) is 0.102. The molecule has 1 saturated heterocycles. The van der Waals surface area contributed by atoms with Crippen molar-refractivity contribution >= 4 is 46.4 Å². The van der Waals surface area contributed by atoms with Crippen molar-refractivity contribution in [3.05, 3.63) is 58.1 Å². The molecule has 2 aromatic rings. The fraction of sp³-hybridized carbons (Fsp3) is 0.167. The van der Waals surface area contributed by atoms with Crippen LogP contribution < -0.4 is 10.2 Å². The Hall–Kier alpha value is -2.55. The Bertz CT molecular complexity index is 875. The standard InChI is InChI=1S/C18H13Cl2N3O2/c19-14-2-1-3-15(17(14)20)23-10-12(8-16(23)24)18(25)22-13-6-4-11(9-21)5-7-13/h1-7,12H,8,10H2,(H,22,25). The minimum atomic E-state index is -0.488. The van der Waals surface area contributed by atoms with Crippen LogP contribution in [0.3, 0.4) is 0 Å². The summed E-state index contributed by atoms with van der Waals surface area (Å²) in [5.74, 6) is -0.916. The second-order valence-electron chi connectivity index (χ2n) is 5.66. The Balaban J connectivity index is 1.72. The largest absolute Gasteiger partial charge is 0.326 e. The lowest BCUT2D eigenvalue weighted by molar-refractivity contribution is -0.122. The number of carbonyl (C=O) groups is 2. The Labute approximate surface area is 154 Å². The van der Waals surface area contributed by atoms with Crippen LogP contribution in [0.2, 0.25) is 10.0 Å². The van der Waals surface area contributed by atoms with Gasteiger partial charge in [-0.2, -0.15) is 5.26 Å². The van der Waals surface area contributed by atoms with E-state index in [4.69, 9.17) is 28.5 Å². The molecular formula is C18H13Cl2N3O2. The molecule has 126 valence electrons. The second-order valence-corrected chi connectivity index (χ2v) is 6.44. The summed E-state index contributed by atoms with van der Waals surface area (Å²) in [5, 5.41) is 12.2. The number of hydrogen-bond donors (Lipinski definition) is 1. The lowest BCUT2D eigenvalue weighted by Gasteiger charge is -2.18. The number of benzene rings is 2. The van der Waals surface area contributed by atoms with Crippen LogP contribution in [0.1, 0.15) is 12.0 Å². The van der Waals surface area contributed by atoms with Crippen LogP contribution in [0.5, 0.6) is 0 Å². The Morgan fingerprint density at radius 3 is 2.60 bits per heavy atom. The van der Waals surface area contributed by atoms with Crippen molar-refractivity contribution in [1.29, 1.82) is 5.26 Å². The van der Waals surface area contributed by atoms with Crippen LogP contribution in [0.4, 0.5) is 11.4 Å². The molecule has 5 nitrogen and oxygen atoms in total. The maximum atomic E-state index is 12.4. The lowest BCUT2D eigenvalue weighted by Crippen LogP contribution is -2.28. The van der Waals surface area contributed by atoms with Crippen LogP contribution in [0, 0.1) is 17.2 Å². The number of rotatable bonds is 3. The third-order valence-electron chi connectivity index (χ3n) is 4.00. The maximum absolute atomic E-state index is 12.4. The van der Waals surface area contributed by atoms with E-state index in [2.05, 4.69) is 5.32 Å². The molecule has 1 atom stereocenters. The molecule has 0 saturated carbocycles. The summed E-state index contributed by atoms with van der Waals surface area (Å²) in [7, 11) is 0. The van der Waals surface area contributed by atoms with E-state index in [0.29, 0.717) is 27.0 Å². The number of nitrogens with one attached hydrogen (secondary N) is 1. The minimum absolute atomic E-state index is 0.102. The third kappa shape index (κ3) is 3.60. The van der Waals surface area contributed by atoms with E-state index in [1.807, 2.05) is 6.07 Å². The van der Waals surface area contributed by atoms with Crippen molar-refractivity contribution in [1.82, 2.24) is 0 Å². The molecule has 0 bridgehead atoms. The molecule has 1 N–H and O–H groups in total. The Morgan fingerprint density at radius 2 is 1.92 bits per heavy atom. The molecule has 0 radical (unpaired) electrons. The van der Waals surface area contributed by atoms with Crippen LogP contribution in [0.25, 0.3) is 0 Å². The summed E-state index contributed by atoms with van der Waals surface area (Å²) in [6.45, 7) is 0.237. The highest BCUT2D eigenvalue weighted by Gasteiger charge is 2.36. The molecule has 1 aliphatic rings. The van der Waals surface area contributed by atoms with Gasteiger partial charge in [-0.1, -0.05) is 29.3 Å². The van der Waals surface area contributed by atoms with Gasteiger partial charge in [0.15, 0.2) is 0 Å². The van der Waals surface area contributed by atoms with Crippen molar-refractivity contribution in [2.45, 2.75) is 6.42 Å². The number of nitriles is 1. The first kappa shape index (κ1) is 17.3. The van der Waals surface area contributed by atoms with Gasteiger partial charge >= 0.3 is 0 Å². The van der Waals surface area contributed by atoms with Gasteiger partial charge in [0.25, 0.3) is 0 Å². The van der Waals surface area contributed by atoms with Gasteiger partial charge in [-0.25, -0.2) is 0 Å². The fourth-order valence-electron chi connectivity index (χ4n) is 2.69. The first-order valence-corrected chi connectivity index (χ1v) is 8.30. The Morgan fingerprint density at radius 1 is 1.20 bits per heavy atom. The van der Waals surface area contributed by atoms with Crippen LogP contribution in [-0.2, 0) is 9.59 Å². The van der Waals surface area contributed by atoms with E-state index in [9.17, 15) is 9.59 Å². The smallest absolute Gasteiger partial charge is 0.229 e. The zero-order chi connectivity index (χ0) is 18.0. The van der Waals surface area contributed by atoms with Crippen LogP contribution >= 0.6 is 23.2 Å². The maximum Gasteiger partial charge on any atom is 0.229 e. The Kier molecular flexibility index (Phi) is 4.93. The van der Waals surface area contributed by atoms with Crippen LogP contribution in [-0.4, -0.2) is 18.4 Å². The summed E-state index contributed by atoms with van der Waals surface area (Å²) in [4.78, 5) is 26.2. The molecular weight excluding hydrogens is 361 g/mol. The molecule has 0 aromatic heterocycles. The summed E-state index contributed by atoms with van der Waals surface area (Å²) in [6, 6.07) is 13.6. The first-order valence-electron chi connectivity index (χ1n) is 7.55. The van der Waals surface area contributed by atoms with Gasteiger partial charge in [0, 0.05) is 18.7 Å². The molecule has 0 aliphatic carbocycles. The average Bonchev–Trinajstić information content (AvgIpc) is 3.00. The monoisotopic (exact) mass is 373 g/mol. The summed E-state index contributed by atoms with van der Waals surface area (Å²) in [5.41, 5.74) is 1.60. The van der Waals surface area contributed by atoms with Gasteiger partial charge in [0.1, 0.15) is 0 Å². The van der Waals surface area contributed by atoms with Crippen molar-refractivity contribution in [2.24, 2.45) is 5.92 Å². The third-order valence-corrected chi connectivity index (χ3v) is 4.81. The molecule has 1 aliphatic heterocycles. The van der Waals surface area contributed by atoms with E-state index in [-0.39, 0.29) is 24.8 Å². The van der Waals surface area contributed by atoms with E-state index < -0.39 is 5.92 Å². The van der Waals surface area contributed by atoms with Gasteiger partial charge < -0.3 is 10.2 Å². The van der Waals surface area contributed by atoms with Gasteiger partial charge in [-0.05, 0) is 36.4 Å². The molecule has 7 heteroatoms. The summed E-state index contributed by atoms with van der Waals surface area (Å²) >= 11 is 12.2. The number of nitrogens with zero attached hydrogens (tertiary/aromatic N) is 2. The number of hydrogen-bond acceptors (Lipinski definition) is 3. The van der Waals surface area contributed by atoms with E-state index in [1.165, 1.54) is 4.90 Å². The number of anilines is 2. The van der Waals surface area contributed by atoms with Crippen molar-refractivity contribution < 1.29 is 9.59 Å². The molecule has 2 amide bonds. The van der Waals surface area contributed by atoms with Crippen molar-refractivity contribution in [2.75, 3.05) is 16.8 Å². The topological polar surface area (TPSA) is 73.2 Å². The van der Waals surface area contributed by atoms with Gasteiger partial charge in [0.2, 0.25) is 11.8 Å². The predicted octanol–water partition coefficient (Wildman–Crippen LogP) is 3.86. The molecule has 0 spiro atoms. The molecule has 1 fully saturated rings. The first-order chi connectivity index (χ1) is 12.0. The quantitative estimate of drug-likeness (QED) is 0.887. The van der Waals surface area contributed by atoms with E-state index in [1.54, 1.807) is 42.5 Å². The van der Waals surface area contributed by atoms with Gasteiger partial charge in [0.05, 0.1) is 33.3 Å². The lowest BCUT2D eigenvalue weighted by atomic mass is 10.1.